The lowest BCUT2D eigenvalue weighted by Crippen LogP contribution is -2.26. The van der Waals surface area contributed by atoms with Crippen molar-refractivity contribution < 1.29 is 0 Å². The highest BCUT2D eigenvalue weighted by atomic mass is 15.5. The van der Waals surface area contributed by atoms with Gasteiger partial charge in [-0.25, -0.2) is 0 Å². The second-order valence-corrected chi connectivity index (χ2v) is 7.49. The highest BCUT2D eigenvalue weighted by Gasteiger charge is 2.39. The van der Waals surface area contributed by atoms with Crippen LogP contribution in [0.5, 0.6) is 0 Å². The molecule has 0 amide bonds. The quantitative estimate of drug-likeness (QED) is 0.707. The van der Waals surface area contributed by atoms with E-state index in [9.17, 15) is 0 Å². The molecule has 1 fully saturated rings. The number of fused-ring (bicyclic) bond motifs is 1. The molecule has 1 saturated carbocycles. The van der Waals surface area contributed by atoms with Crippen molar-refractivity contribution in [2.75, 3.05) is 7.05 Å². The molecule has 0 aromatic heterocycles. The average Bonchev–Trinajstić information content (AvgIpc) is 2.95. The molecule has 2 aromatic carbocycles. The van der Waals surface area contributed by atoms with Crippen molar-refractivity contribution >= 4 is 11.8 Å². The Hall–Kier alpha value is -2.35. The lowest BCUT2D eigenvalue weighted by Gasteiger charge is -2.29. The predicted octanol–water partition coefficient (Wildman–Crippen LogP) is 5.53. The van der Waals surface area contributed by atoms with E-state index in [0.29, 0.717) is 12.0 Å². The van der Waals surface area contributed by atoms with Crippen molar-refractivity contribution in [3.63, 3.8) is 0 Å². The molecule has 0 spiro atoms. The molecule has 0 radical (unpaired) electrons. The Kier molecular flexibility index (Phi) is 4.20. The fourth-order valence-electron chi connectivity index (χ4n) is 4.18. The second kappa shape index (κ2) is 6.51. The summed E-state index contributed by atoms with van der Waals surface area (Å²) in [5.41, 5.74) is 8.01. The van der Waals surface area contributed by atoms with Crippen molar-refractivity contribution in [2.45, 2.75) is 39.2 Å². The Morgan fingerprint density at radius 2 is 1.60 bits per heavy atom. The van der Waals surface area contributed by atoms with Crippen molar-refractivity contribution in [1.29, 1.82) is 0 Å². The maximum absolute atomic E-state index is 4.97. The van der Waals surface area contributed by atoms with Crippen LogP contribution in [0.1, 0.15) is 47.6 Å². The number of aryl methyl sites for hydroxylation is 2. The predicted molar refractivity (Wildman–Crippen MR) is 106 cm³/mol. The lowest BCUT2D eigenvalue weighted by molar-refractivity contribution is 0.241. The summed E-state index contributed by atoms with van der Waals surface area (Å²) in [6.07, 6.45) is 5.96. The number of hydrazone groups is 1. The van der Waals surface area contributed by atoms with Crippen LogP contribution < -0.4 is 0 Å². The first-order valence-electron chi connectivity index (χ1n) is 9.27. The third-order valence-electron chi connectivity index (χ3n) is 5.53. The summed E-state index contributed by atoms with van der Waals surface area (Å²) in [5, 5.41) is 7.15. The van der Waals surface area contributed by atoms with Crippen LogP contribution in [0.2, 0.25) is 0 Å². The van der Waals surface area contributed by atoms with Gasteiger partial charge in [-0.15, -0.1) is 0 Å². The Bertz CT molecular complexity index is 812. The van der Waals surface area contributed by atoms with Crippen molar-refractivity contribution in [3.8, 4) is 0 Å². The minimum atomic E-state index is 0.373. The molecule has 0 saturated heterocycles. The van der Waals surface area contributed by atoms with Gasteiger partial charge in [-0.1, -0.05) is 59.7 Å². The van der Waals surface area contributed by atoms with Gasteiger partial charge >= 0.3 is 0 Å². The van der Waals surface area contributed by atoms with E-state index in [0.717, 1.165) is 6.42 Å². The van der Waals surface area contributed by atoms with Crippen LogP contribution in [-0.2, 0) is 0 Å². The molecule has 2 unspecified atom stereocenters. The molecule has 2 heteroatoms. The van der Waals surface area contributed by atoms with Gasteiger partial charge in [0.25, 0.3) is 0 Å². The van der Waals surface area contributed by atoms with Crippen LogP contribution in [-0.4, -0.2) is 17.8 Å². The smallest absolute Gasteiger partial charge is 0.0801 e. The zero-order valence-electron chi connectivity index (χ0n) is 15.4. The fraction of sp³-hybridized carbons (Fsp3) is 0.348. The maximum Gasteiger partial charge on any atom is 0.0801 e. The van der Waals surface area contributed by atoms with Crippen LogP contribution in [0, 0.1) is 19.8 Å². The number of benzene rings is 2. The van der Waals surface area contributed by atoms with E-state index in [2.05, 4.69) is 80.5 Å². The van der Waals surface area contributed by atoms with Gasteiger partial charge in [0.1, 0.15) is 0 Å². The van der Waals surface area contributed by atoms with Gasteiger partial charge in [-0.05, 0) is 55.9 Å². The van der Waals surface area contributed by atoms with Crippen LogP contribution in [0.15, 0.2) is 59.2 Å². The summed E-state index contributed by atoms with van der Waals surface area (Å²) in [7, 11) is 2.12. The molecular weight excluding hydrogens is 304 g/mol. The van der Waals surface area contributed by atoms with E-state index in [-0.39, 0.29) is 0 Å². The average molecular weight is 330 g/mol. The number of rotatable bonds is 2. The maximum atomic E-state index is 4.97. The molecule has 1 aliphatic carbocycles. The highest BCUT2D eigenvalue weighted by Crippen LogP contribution is 2.43. The molecule has 128 valence electrons. The molecule has 2 aliphatic rings. The number of nitrogens with zero attached hydrogens (tertiary/aromatic N) is 2. The van der Waals surface area contributed by atoms with Crippen molar-refractivity contribution in [2.24, 2.45) is 11.0 Å². The third kappa shape index (κ3) is 3.13. The summed E-state index contributed by atoms with van der Waals surface area (Å²) in [4.78, 5) is 0. The van der Waals surface area contributed by atoms with Crippen LogP contribution in [0.25, 0.3) is 6.08 Å². The summed E-state index contributed by atoms with van der Waals surface area (Å²) < 4.78 is 0. The zero-order valence-corrected chi connectivity index (χ0v) is 15.4. The van der Waals surface area contributed by atoms with E-state index < -0.39 is 0 Å². The van der Waals surface area contributed by atoms with Crippen molar-refractivity contribution in [3.05, 3.63) is 76.4 Å². The minimum Gasteiger partial charge on any atom is -0.292 e. The molecule has 2 nitrogen and oxygen atoms in total. The van der Waals surface area contributed by atoms with Gasteiger partial charge in [-0.2, -0.15) is 5.10 Å². The number of hydrogen-bond donors (Lipinski definition) is 0. The topological polar surface area (TPSA) is 15.6 Å². The Morgan fingerprint density at radius 1 is 0.960 bits per heavy atom. The molecule has 1 heterocycles. The zero-order chi connectivity index (χ0) is 17.4. The van der Waals surface area contributed by atoms with Crippen LogP contribution >= 0.6 is 0 Å². The van der Waals surface area contributed by atoms with E-state index in [1.54, 1.807) is 0 Å². The van der Waals surface area contributed by atoms with E-state index in [4.69, 9.17) is 5.10 Å². The molecule has 4 rings (SSSR count). The lowest BCUT2D eigenvalue weighted by atomic mass is 9.77. The van der Waals surface area contributed by atoms with Gasteiger partial charge in [0, 0.05) is 13.0 Å². The van der Waals surface area contributed by atoms with E-state index in [1.807, 2.05) is 0 Å². The summed E-state index contributed by atoms with van der Waals surface area (Å²) in [6, 6.07) is 18.1. The molecule has 0 N–H and O–H groups in total. The monoisotopic (exact) mass is 330 g/mol. The third-order valence-corrected chi connectivity index (χ3v) is 5.53. The largest absolute Gasteiger partial charge is 0.292 e. The van der Waals surface area contributed by atoms with Crippen molar-refractivity contribution in [1.82, 2.24) is 5.01 Å². The highest BCUT2D eigenvalue weighted by molar-refractivity contribution is 6.07. The summed E-state index contributed by atoms with van der Waals surface area (Å²) >= 11 is 0. The standard InChI is InChI=1S/C23H26N2/c1-16-7-11-18(12-8-16)15-20-5-4-6-21-22(20)24-25(3)23(21)19-13-9-17(2)10-14-19/h7-15,21,23H,4-6H2,1-3H3/b20-15+. The molecule has 25 heavy (non-hydrogen) atoms. The number of hydrogen-bond acceptors (Lipinski definition) is 2. The number of allylic oxidation sites excluding steroid dienone is 1. The summed E-state index contributed by atoms with van der Waals surface area (Å²) in [5.74, 6) is 0.512. The van der Waals surface area contributed by atoms with E-state index in [1.165, 1.54) is 46.4 Å². The van der Waals surface area contributed by atoms with Gasteiger partial charge < -0.3 is 0 Å². The first kappa shape index (κ1) is 16.1. The molecule has 2 atom stereocenters. The van der Waals surface area contributed by atoms with Gasteiger partial charge in [-0.3, -0.25) is 5.01 Å². The normalized spacial score (nSPS) is 24.4. The fourth-order valence-corrected chi connectivity index (χ4v) is 4.18. The van der Waals surface area contributed by atoms with Crippen LogP contribution in [0.4, 0.5) is 0 Å². The second-order valence-electron chi connectivity index (χ2n) is 7.49. The molecule has 1 aliphatic heterocycles. The Labute approximate surface area is 150 Å². The van der Waals surface area contributed by atoms with Gasteiger partial charge in [0.05, 0.1) is 11.8 Å². The first-order chi connectivity index (χ1) is 12.1. The van der Waals surface area contributed by atoms with Crippen LogP contribution in [0.3, 0.4) is 0 Å². The SMILES string of the molecule is Cc1ccc(/C=C2\CCCC3C2=NN(C)C3c2ccc(C)cc2)cc1. The van der Waals surface area contributed by atoms with Gasteiger partial charge in [0.2, 0.25) is 0 Å². The van der Waals surface area contributed by atoms with Gasteiger partial charge in [0.15, 0.2) is 0 Å². The first-order valence-corrected chi connectivity index (χ1v) is 9.27. The Balaban J connectivity index is 1.65. The molecule has 0 bridgehead atoms. The molecular formula is C23H26N2. The minimum absolute atomic E-state index is 0.373. The Morgan fingerprint density at radius 3 is 2.28 bits per heavy atom. The van der Waals surface area contributed by atoms with E-state index >= 15 is 0 Å². The molecule has 2 aromatic rings. The summed E-state index contributed by atoms with van der Waals surface area (Å²) in [6.45, 7) is 4.28.